The molecule has 0 bridgehead atoms. The van der Waals surface area contributed by atoms with E-state index in [1.807, 2.05) is 6.07 Å². The van der Waals surface area contributed by atoms with Crippen LogP contribution in [-0.2, 0) is 9.57 Å². The van der Waals surface area contributed by atoms with Crippen LogP contribution in [0.25, 0.3) is 0 Å². The molecule has 0 heterocycles. The first-order valence-corrected chi connectivity index (χ1v) is 2.62. The number of ether oxygens (including phenoxy) is 1. The first-order chi connectivity index (χ1) is 4.41. The van der Waals surface area contributed by atoms with Gasteiger partial charge in [-0.15, -0.1) is 0 Å². The van der Waals surface area contributed by atoms with Crippen LogP contribution in [0.2, 0.25) is 0 Å². The van der Waals surface area contributed by atoms with E-state index < -0.39 is 0 Å². The van der Waals surface area contributed by atoms with E-state index in [9.17, 15) is 0 Å². The van der Waals surface area contributed by atoms with E-state index in [2.05, 4.69) is 10.2 Å². The summed E-state index contributed by atoms with van der Waals surface area (Å²) >= 11 is 0. The molecule has 0 aromatic rings. The lowest BCUT2D eigenvalue weighted by Gasteiger charge is -1.99. The smallest absolute Gasteiger partial charge is 0.108 e. The van der Waals surface area contributed by atoms with Crippen LogP contribution in [0.3, 0.4) is 0 Å². The van der Waals surface area contributed by atoms with E-state index >= 15 is 0 Å². The number of nitriles is 1. The minimum absolute atomic E-state index is 0.212. The van der Waals surface area contributed by atoms with Gasteiger partial charge in [-0.1, -0.05) is 0 Å². The van der Waals surface area contributed by atoms with Gasteiger partial charge in [0.15, 0.2) is 0 Å². The van der Waals surface area contributed by atoms with Crippen molar-refractivity contribution in [3.63, 3.8) is 0 Å². The van der Waals surface area contributed by atoms with Crippen molar-refractivity contribution in [3.8, 4) is 6.07 Å². The Balaban J connectivity index is 2.69. The maximum atomic E-state index is 8.00. The molecule has 0 amide bonds. The normalized spacial score (nSPS) is 8.89. The second kappa shape index (κ2) is 7.37. The molecule has 0 unspecified atom stereocenters. The molecule has 0 saturated carbocycles. The number of hydrogen-bond acceptors (Lipinski definition) is 4. The minimum atomic E-state index is 0.212. The van der Waals surface area contributed by atoms with Crippen LogP contribution >= 0.6 is 0 Å². The molecular weight excluding hydrogens is 120 g/mol. The highest BCUT2D eigenvalue weighted by Gasteiger charge is 1.82. The predicted octanol–water partition coefficient (Wildman–Crippen LogP) is -0.322. The van der Waals surface area contributed by atoms with Gasteiger partial charge in [0.2, 0.25) is 0 Å². The Labute approximate surface area is 54.3 Å². The lowest BCUT2D eigenvalue weighted by Crippen LogP contribution is -2.17. The van der Waals surface area contributed by atoms with Gasteiger partial charge in [-0.2, -0.15) is 10.7 Å². The molecule has 1 N–H and O–H groups in total. The van der Waals surface area contributed by atoms with Gasteiger partial charge in [-0.3, -0.25) is 4.84 Å². The first-order valence-electron chi connectivity index (χ1n) is 2.62. The first kappa shape index (κ1) is 8.37. The summed E-state index contributed by atoms with van der Waals surface area (Å²) in [5.41, 5.74) is 2.43. The molecule has 0 aromatic heterocycles. The highest BCUT2D eigenvalue weighted by Crippen LogP contribution is 1.68. The van der Waals surface area contributed by atoms with Crippen LogP contribution < -0.4 is 5.48 Å². The molecule has 0 aliphatic carbocycles. The zero-order valence-electron chi connectivity index (χ0n) is 5.39. The largest absolute Gasteiger partial charge is 0.382 e. The van der Waals surface area contributed by atoms with Crippen molar-refractivity contribution >= 4 is 0 Å². The molecule has 0 radical (unpaired) electrons. The van der Waals surface area contributed by atoms with Crippen molar-refractivity contribution in [2.75, 3.05) is 26.9 Å². The van der Waals surface area contributed by atoms with Crippen molar-refractivity contribution in [2.24, 2.45) is 0 Å². The monoisotopic (exact) mass is 130 g/mol. The van der Waals surface area contributed by atoms with Crippen molar-refractivity contribution in [2.45, 2.75) is 0 Å². The summed E-state index contributed by atoms with van der Waals surface area (Å²) in [7, 11) is 1.59. The van der Waals surface area contributed by atoms with Gasteiger partial charge in [0, 0.05) is 7.11 Å². The van der Waals surface area contributed by atoms with Crippen molar-refractivity contribution in [1.82, 2.24) is 5.48 Å². The Hall–Kier alpha value is -0.630. The van der Waals surface area contributed by atoms with E-state index in [0.717, 1.165) is 0 Å². The number of hydrogen-bond donors (Lipinski definition) is 1. The summed E-state index contributed by atoms with van der Waals surface area (Å²) in [6.45, 7) is 1.22. The Morgan fingerprint density at radius 2 is 2.33 bits per heavy atom. The van der Waals surface area contributed by atoms with E-state index in [1.54, 1.807) is 7.11 Å². The topological polar surface area (TPSA) is 54.3 Å². The van der Waals surface area contributed by atoms with Gasteiger partial charge in [-0.05, 0) is 0 Å². The molecule has 0 atom stereocenters. The van der Waals surface area contributed by atoms with Crippen LogP contribution in [0.5, 0.6) is 0 Å². The highest BCUT2D eigenvalue weighted by atomic mass is 16.7. The van der Waals surface area contributed by atoms with Crippen LogP contribution in [-0.4, -0.2) is 26.9 Å². The van der Waals surface area contributed by atoms with E-state index in [0.29, 0.717) is 13.2 Å². The fraction of sp³-hybridized carbons (Fsp3) is 0.800. The van der Waals surface area contributed by atoms with Crippen LogP contribution in [0, 0.1) is 11.3 Å². The Bertz CT molecular complexity index is 89.4. The minimum Gasteiger partial charge on any atom is -0.382 e. The Morgan fingerprint density at radius 3 is 2.89 bits per heavy atom. The number of nitrogens with zero attached hydrogens (tertiary/aromatic N) is 1. The molecule has 4 heteroatoms. The number of methoxy groups -OCH3 is 1. The Kier molecular flexibility index (Phi) is 6.85. The summed E-state index contributed by atoms with van der Waals surface area (Å²) in [5, 5.41) is 8.00. The van der Waals surface area contributed by atoms with Crippen molar-refractivity contribution in [3.05, 3.63) is 0 Å². The summed E-state index contributed by atoms with van der Waals surface area (Å²) in [6, 6.07) is 1.87. The van der Waals surface area contributed by atoms with E-state index in [4.69, 9.17) is 10.1 Å². The molecule has 0 fully saturated rings. The molecule has 0 rings (SSSR count). The van der Waals surface area contributed by atoms with Crippen LogP contribution in [0.1, 0.15) is 0 Å². The molecule has 0 aliphatic heterocycles. The zero-order valence-corrected chi connectivity index (χ0v) is 5.39. The molecule has 0 spiro atoms. The fourth-order valence-corrected chi connectivity index (χ4v) is 0.280. The van der Waals surface area contributed by atoms with Crippen LogP contribution in [0.4, 0.5) is 0 Å². The molecule has 52 valence electrons. The van der Waals surface area contributed by atoms with Crippen LogP contribution in [0.15, 0.2) is 0 Å². The maximum absolute atomic E-state index is 8.00. The van der Waals surface area contributed by atoms with Gasteiger partial charge < -0.3 is 4.74 Å². The van der Waals surface area contributed by atoms with Gasteiger partial charge in [-0.25, -0.2) is 0 Å². The average Bonchev–Trinajstić information content (AvgIpc) is 1.89. The predicted molar refractivity (Wildman–Crippen MR) is 31.4 cm³/mol. The third-order valence-electron chi connectivity index (χ3n) is 0.643. The summed E-state index contributed by atoms with van der Waals surface area (Å²) in [4.78, 5) is 4.72. The second-order valence-corrected chi connectivity index (χ2v) is 1.32. The fourth-order valence-electron chi connectivity index (χ4n) is 0.280. The van der Waals surface area contributed by atoms with E-state index in [1.165, 1.54) is 0 Å². The standard InChI is InChI=1S/C5H10N2O2/c1-8-4-5-9-7-3-2-6/h7H,3-5H2,1H3. The molecule has 0 saturated heterocycles. The molecule has 0 aliphatic rings. The average molecular weight is 130 g/mol. The van der Waals surface area contributed by atoms with Gasteiger partial charge in [0.1, 0.15) is 6.54 Å². The van der Waals surface area contributed by atoms with Crippen molar-refractivity contribution in [1.29, 1.82) is 5.26 Å². The number of rotatable bonds is 5. The van der Waals surface area contributed by atoms with Gasteiger partial charge in [0.05, 0.1) is 19.3 Å². The SMILES string of the molecule is COCCONCC#N. The molecule has 0 aromatic carbocycles. The Morgan fingerprint density at radius 1 is 1.56 bits per heavy atom. The summed E-state index contributed by atoms with van der Waals surface area (Å²) in [5.74, 6) is 0. The van der Waals surface area contributed by atoms with Crippen molar-refractivity contribution < 1.29 is 9.57 Å². The third-order valence-corrected chi connectivity index (χ3v) is 0.643. The summed E-state index contributed by atoms with van der Waals surface area (Å²) in [6.07, 6.45) is 0. The lowest BCUT2D eigenvalue weighted by atomic mass is 10.8. The van der Waals surface area contributed by atoms with E-state index in [-0.39, 0.29) is 6.54 Å². The number of hydroxylamine groups is 1. The zero-order chi connectivity index (χ0) is 6.95. The molecular formula is C5H10N2O2. The maximum Gasteiger partial charge on any atom is 0.108 e. The van der Waals surface area contributed by atoms with Gasteiger partial charge in [0.25, 0.3) is 0 Å². The lowest BCUT2D eigenvalue weighted by molar-refractivity contribution is 0.0130. The molecule has 9 heavy (non-hydrogen) atoms. The third kappa shape index (κ3) is 7.37. The van der Waals surface area contributed by atoms with Gasteiger partial charge >= 0.3 is 0 Å². The second-order valence-electron chi connectivity index (χ2n) is 1.32. The number of nitrogens with one attached hydrogen (secondary N) is 1. The quantitative estimate of drug-likeness (QED) is 0.315. The molecule has 4 nitrogen and oxygen atoms in total. The summed E-state index contributed by atoms with van der Waals surface area (Å²) < 4.78 is 4.67. The highest BCUT2D eigenvalue weighted by molar-refractivity contribution is 4.68.